The first-order valence-electron chi connectivity index (χ1n) is 5.90. The van der Waals surface area contributed by atoms with Crippen LogP contribution in [0, 0.1) is 12.8 Å². The van der Waals surface area contributed by atoms with Crippen molar-refractivity contribution in [3.63, 3.8) is 0 Å². The van der Waals surface area contributed by atoms with Gasteiger partial charge in [-0.2, -0.15) is 0 Å². The number of hydrogen-bond acceptors (Lipinski definition) is 3. The van der Waals surface area contributed by atoms with Gasteiger partial charge in [0.15, 0.2) is 0 Å². The summed E-state index contributed by atoms with van der Waals surface area (Å²) in [6, 6.07) is 2.02. The van der Waals surface area contributed by atoms with Gasteiger partial charge in [-0.3, -0.25) is 0 Å². The van der Waals surface area contributed by atoms with Crippen LogP contribution in [0.4, 0.5) is 5.82 Å². The maximum Gasteiger partial charge on any atom is 0.132 e. The van der Waals surface area contributed by atoms with Crippen LogP contribution < -0.4 is 4.90 Å². The molecule has 0 aromatic carbocycles. The van der Waals surface area contributed by atoms with Gasteiger partial charge in [0.25, 0.3) is 0 Å². The highest BCUT2D eigenvalue weighted by atomic mass is 79.9. The Bertz CT molecular complexity index is 341. The first-order valence-corrected chi connectivity index (χ1v) is 7.02. The van der Waals surface area contributed by atoms with E-state index in [9.17, 15) is 0 Å². The molecular weight excluding hydrogens is 266 g/mol. The third-order valence-electron chi connectivity index (χ3n) is 3.12. The number of anilines is 1. The summed E-state index contributed by atoms with van der Waals surface area (Å²) in [6.07, 6.45) is 5.75. The second-order valence-electron chi connectivity index (χ2n) is 4.39. The summed E-state index contributed by atoms with van der Waals surface area (Å²) in [6.45, 7) is 4.22. The molecule has 2 rings (SSSR count). The maximum absolute atomic E-state index is 4.49. The molecule has 88 valence electrons. The average Bonchev–Trinajstić information content (AvgIpc) is 2.30. The van der Waals surface area contributed by atoms with E-state index >= 15 is 0 Å². The lowest BCUT2D eigenvalue weighted by Crippen LogP contribution is -2.36. The molecule has 0 aliphatic carbocycles. The van der Waals surface area contributed by atoms with Crippen molar-refractivity contribution in [2.24, 2.45) is 5.92 Å². The molecule has 3 nitrogen and oxygen atoms in total. The minimum atomic E-state index is 0.809. The zero-order valence-electron chi connectivity index (χ0n) is 9.69. The van der Waals surface area contributed by atoms with Gasteiger partial charge in [-0.25, -0.2) is 9.97 Å². The van der Waals surface area contributed by atoms with Crippen LogP contribution in [-0.4, -0.2) is 28.4 Å². The van der Waals surface area contributed by atoms with Crippen LogP contribution in [0.15, 0.2) is 12.3 Å². The minimum absolute atomic E-state index is 0.809. The number of rotatable bonds is 3. The van der Waals surface area contributed by atoms with Crippen molar-refractivity contribution in [1.29, 1.82) is 0 Å². The van der Waals surface area contributed by atoms with Crippen LogP contribution in [0.2, 0.25) is 0 Å². The van der Waals surface area contributed by atoms with Crippen molar-refractivity contribution in [3.05, 3.63) is 18.1 Å². The van der Waals surface area contributed by atoms with Crippen LogP contribution in [0.3, 0.4) is 0 Å². The molecule has 0 saturated carbocycles. The monoisotopic (exact) mass is 283 g/mol. The van der Waals surface area contributed by atoms with E-state index in [0.717, 1.165) is 36.0 Å². The average molecular weight is 284 g/mol. The Kier molecular flexibility index (Phi) is 4.16. The summed E-state index contributed by atoms with van der Waals surface area (Å²) >= 11 is 3.53. The predicted molar refractivity (Wildman–Crippen MR) is 70.1 cm³/mol. The molecule has 0 bridgehead atoms. The van der Waals surface area contributed by atoms with Crippen LogP contribution >= 0.6 is 15.9 Å². The number of hydrogen-bond donors (Lipinski definition) is 0. The predicted octanol–water partition coefficient (Wildman–Crippen LogP) is 2.79. The summed E-state index contributed by atoms with van der Waals surface area (Å²) < 4.78 is 0. The molecule has 1 aliphatic heterocycles. The summed E-state index contributed by atoms with van der Waals surface area (Å²) in [5, 5.41) is 1.11. The SMILES string of the molecule is Cc1nccc(N2CCCC(CCBr)C2)n1. The largest absolute Gasteiger partial charge is 0.356 e. The summed E-state index contributed by atoms with van der Waals surface area (Å²) in [5.74, 6) is 2.76. The first-order chi connectivity index (χ1) is 7.79. The van der Waals surface area contributed by atoms with Crippen molar-refractivity contribution in [3.8, 4) is 0 Å². The fourth-order valence-electron chi connectivity index (χ4n) is 2.28. The van der Waals surface area contributed by atoms with E-state index in [0.29, 0.717) is 0 Å². The van der Waals surface area contributed by atoms with Gasteiger partial charge in [0.2, 0.25) is 0 Å². The van der Waals surface area contributed by atoms with Crippen molar-refractivity contribution < 1.29 is 0 Å². The quantitative estimate of drug-likeness (QED) is 0.799. The third kappa shape index (κ3) is 2.94. The molecule has 1 unspecified atom stereocenters. The Balaban J connectivity index is 2.03. The van der Waals surface area contributed by atoms with E-state index in [1.54, 1.807) is 0 Å². The molecule has 1 aliphatic rings. The Labute approximate surface area is 105 Å². The topological polar surface area (TPSA) is 29.0 Å². The summed E-state index contributed by atoms with van der Waals surface area (Å²) in [7, 11) is 0. The molecule has 0 amide bonds. The fourth-order valence-corrected chi connectivity index (χ4v) is 2.93. The molecule has 16 heavy (non-hydrogen) atoms. The maximum atomic E-state index is 4.49. The lowest BCUT2D eigenvalue weighted by atomic mass is 9.96. The molecule has 0 radical (unpaired) electrons. The number of aromatic nitrogens is 2. The van der Waals surface area contributed by atoms with E-state index in [-0.39, 0.29) is 0 Å². The fraction of sp³-hybridized carbons (Fsp3) is 0.667. The van der Waals surface area contributed by atoms with Gasteiger partial charge in [0, 0.05) is 24.6 Å². The van der Waals surface area contributed by atoms with Crippen molar-refractivity contribution >= 4 is 21.7 Å². The molecule has 1 aromatic rings. The molecule has 1 saturated heterocycles. The number of alkyl halides is 1. The van der Waals surface area contributed by atoms with E-state index in [1.807, 2.05) is 19.2 Å². The van der Waals surface area contributed by atoms with Gasteiger partial charge in [-0.1, -0.05) is 15.9 Å². The Morgan fingerprint density at radius 2 is 2.44 bits per heavy atom. The van der Waals surface area contributed by atoms with Gasteiger partial charge in [-0.05, 0) is 38.2 Å². The smallest absolute Gasteiger partial charge is 0.132 e. The molecule has 0 N–H and O–H groups in total. The van der Waals surface area contributed by atoms with Crippen LogP contribution in [-0.2, 0) is 0 Å². The van der Waals surface area contributed by atoms with Crippen molar-refractivity contribution in [2.75, 3.05) is 23.3 Å². The lowest BCUT2D eigenvalue weighted by Gasteiger charge is -2.33. The normalized spacial score (nSPS) is 21.1. The van der Waals surface area contributed by atoms with Crippen molar-refractivity contribution in [1.82, 2.24) is 9.97 Å². The van der Waals surface area contributed by atoms with Gasteiger partial charge in [0.1, 0.15) is 11.6 Å². The number of nitrogens with zero attached hydrogens (tertiary/aromatic N) is 3. The highest BCUT2D eigenvalue weighted by Crippen LogP contribution is 2.23. The van der Waals surface area contributed by atoms with Gasteiger partial charge in [0.05, 0.1) is 0 Å². The molecule has 0 spiro atoms. The van der Waals surface area contributed by atoms with Gasteiger partial charge >= 0.3 is 0 Å². The molecular formula is C12H18BrN3. The minimum Gasteiger partial charge on any atom is -0.356 e. The van der Waals surface area contributed by atoms with E-state index < -0.39 is 0 Å². The molecule has 1 fully saturated rings. The van der Waals surface area contributed by atoms with Crippen LogP contribution in [0.5, 0.6) is 0 Å². The molecule has 4 heteroatoms. The number of piperidine rings is 1. The lowest BCUT2D eigenvalue weighted by molar-refractivity contribution is 0.406. The van der Waals surface area contributed by atoms with Crippen LogP contribution in [0.1, 0.15) is 25.1 Å². The molecule has 1 atom stereocenters. The van der Waals surface area contributed by atoms with Crippen LogP contribution in [0.25, 0.3) is 0 Å². The summed E-state index contributed by atoms with van der Waals surface area (Å²) in [4.78, 5) is 11.0. The van der Waals surface area contributed by atoms with Gasteiger partial charge in [-0.15, -0.1) is 0 Å². The molecule has 1 aromatic heterocycles. The van der Waals surface area contributed by atoms with E-state index in [2.05, 4.69) is 30.8 Å². The van der Waals surface area contributed by atoms with E-state index in [4.69, 9.17) is 0 Å². The Morgan fingerprint density at radius 3 is 3.19 bits per heavy atom. The highest BCUT2D eigenvalue weighted by molar-refractivity contribution is 9.09. The van der Waals surface area contributed by atoms with Crippen molar-refractivity contribution in [2.45, 2.75) is 26.2 Å². The standard InChI is InChI=1S/C12H18BrN3/c1-10-14-7-5-12(15-10)16-8-2-3-11(9-16)4-6-13/h5,7,11H,2-4,6,8-9H2,1H3. The third-order valence-corrected chi connectivity index (χ3v) is 3.58. The van der Waals surface area contributed by atoms with Gasteiger partial charge < -0.3 is 4.90 Å². The first kappa shape index (κ1) is 11.8. The number of aryl methyl sites for hydroxylation is 1. The highest BCUT2D eigenvalue weighted by Gasteiger charge is 2.20. The second-order valence-corrected chi connectivity index (χ2v) is 5.19. The Morgan fingerprint density at radius 1 is 1.56 bits per heavy atom. The zero-order valence-corrected chi connectivity index (χ0v) is 11.3. The second kappa shape index (κ2) is 5.62. The summed E-state index contributed by atoms with van der Waals surface area (Å²) in [5.41, 5.74) is 0. The zero-order chi connectivity index (χ0) is 11.4. The Hall–Kier alpha value is -0.640. The number of halogens is 1. The molecule has 2 heterocycles. The van der Waals surface area contributed by atoms with E-state index in [1.165, 1.54) is 19.3 Å².